The smallest absolute Gasteiger partial charge is 0.319 e. The summed E-state index contributed by atoms with van der Waals surface area (Å²) in [6.07, 6.45) is 4.00. The molecule has 0 unspecified atom stereocenters. The van der Waals surface area contributed by atoms with Gasteiger partial charge >= 0.3 is 6.03 Å². The van der Waals surface area contributed by atoms with Gasteiger partial charge in [-0.25, -0.2) is 18.6 Å². The molecule has 1 aromatic carbocycles. The Morgan fingerprint density at radius 1 is 1.26 bits per heavy atom. The molecule has 12 heteroatoms. The van der Waals surface area contributed by atoms with Crippen molar-refractivity contribution >= 4 is 30.8 Å². The lowest BCUT2D eigenvalue weighted by molar-refractivity contribution is -0.134. The first kappa shape index (κ1) is 31.4. The maximum Gasteiger partial charge on any atom is 0.319 e. The second-order valence-corrected chi connectivity index (χ2v) is 17.9. The van der Waals surface area contributed by atoms with E-state index >= 15 is 8.78 Å². The number of aromatic nitrogens is 2. The Kier molecular flexibility index (Phi) is 9.86. The number of hydrogen-bond donors (Lipinski definition) is 2. The number of nitriles is 1. The summed E-state index contributed by atoms with van der Waals surface area (Å²) in [5.74, 6) is -2.06. The second-order valence-electron chi connectivity index (χ2n) is 12.3. The number of benzene rings is 1. The summed E-state index contributed by atoms with van der Waals surface area (Å²) >= 11 is 0. The van der Waals surface area contributed by atoms with Gasteiger partial charge in [-0.15, -0.1) is 0 Å². The first-order valence-corrected chi connectivity index (χ1v) is 17.8. The molecule has 3 heterocycles. The number of hydrogen-bond acceptors (Lipinski definition) is 6. The standard InChI is InChI=1S/C30H39F2N5O4Si/c1-20(2)30(17-40-18-30)16-35-29(38)36-22-13-23(31)27(24(32)14-22)41-25-8-10-34-28-26(25)21(7-6-9-33)15-37(28)19-39-11-12-42(3,4)5/h8,10,13-15,20H,6-7,11-12,16-19H2,1-5H3,(H2,35,36,38). The third-order valence-electron chi connectivity index (χ3n) is 7.60. The van der Waals surface area contributed by atoms with E-state index in [0.717, 1.165) is 23.7 Å². The average molecular weight is 600 g/mol. The third-order valence-corrected chi connectivity index (χ3v) is 9.31. The normalized spacial score (nSPS) is 14.5. The van der Waals surface area contributed by atoms with E-state index in [1.165, 1.54) is 12.3 Å². The predicted molar refractivity (Wildman–Crippen MR) is 159 cm³/mol. The van der Waals surface area contributed by atoms with Gasteiger partial charge in [0.25, 0.3) is 0 Å². The fourth-order valence-corrected chi connectivity index (χ4v) is 5.40. The zero-order chi connectivity index (χ0) is 30.5. The van der Waals surface area contributed by atoms with Gasteiger partial charge in [-0.2, -0.15) is 5.26 Å². The van der Waals surface area contributed by atoms with Crippen molar-refractivity contribution in [2.75, 3.05) is 31.7 Å². The van der Waals surface area contributed by atoms with Crippen LogP contribution in [0.15, 0.2) is 30.6 Å². The highest BCUT2D eigenvalue weighted by molar-refractivity contribution is 6.76. The minimum absolute atomic E-state index is 0.0467. The molecule has 42 heavy (non-hydrogen) atoms. The lowest BCUT2D eigenvalue weighted by atomic mass is 9.75. The fourth-order valence-electron chi connectivity index (χ4n) is 4.65. The summed E-state index contributed by atoms with van der Waals surface area (Å²) in [5, 5.41) is 15.0. The van der Waals surface area contributed by atoms with Crippen LogP contribution in [0.1, 0.15) is 25.8 Å². The molecule has 3 aromatic rings. The van der Waals surface area contributed by atoms with E-state index in [4.69, 9.17) is 14.2 Å². The quantitative estimate of drug-likeness (QED) is 0.168. The molecular weight excluding hydrogens is 560 g/mol. The molecule has 0 bridgehead atoms. The Morgan fingerprint density at radius 2 is 1.98 bits per heavy atom. The Bertz CT molecular complexity index is 1440. The second kappa shape index (κ2) is 13.2. The van der Waals surface area contributed by atoms with E-state index in [-0.39, 0.29) is 30.0 Å². The highest BCUT2D eigenvalue weighted by atomic mass is 28.3. The molecule has 1 saturated heterocycles. The number of urea groups is 1. The van der Waals surface area contributed by atoms with Gasteiger partial charge in [0.15, 0.2) is 17.4 Å². The average Bonchev–Trinajstić information content (AvgIpc) is 3.24. The summed E-state index contributed by atoms with van der Waals surface area (Å²) in [5.41, 5.74) is 1.09. The molecule has 1 aliphatic rings. The number of rotatable bonds is 13. The molecule has 0 aliphatic carbocycles. The molecule has 0 saturated carbocycles. The fraction of sp³-hybridized carbons (Fsp3) is 0.500. The highest BCUT2D eigenvalue weighted by Crippen LogP contribution is 2.37. The molecule has 226 valence electrons. The van der Waals surface area contributed by atoms with Gasteiger partial charge < -0.3 is 29.4 Å². The molecular formula is C30H39F2N5O4Si. The molecule has 1 fully saturated rings. The summed E-state index contributed by atoms with van der Waals surface area (Å²) in [4.78, 5) is 16.9. The maximum absolute atomic E-state index is 15.2. The minimum Gasteiger partial charge on any atom is -0.450 e. The van der Waals surface area contributed by atoms with Crippen molar-refractivity contribution in [3.05, 3.63) is 47.8 Å². The molecule has 0 atom stereocenters. The van der Waals surface area contributed by atoms with Crippen LogP contribution in [0.5, 0.6) is 11.5 Å². The third kappa shape index (κ3) is 7.45. The Hall–Kier alpha value is -3.53. The number of amides is 2. The SMILES string of the molecule is CC(C)C1(CNC(=O)Nc2cc(F)c(Oc3ccnc4c3c(CCC#N)cn4COCC[Si](C)(C)C)c(F)c2)COC1. The van der Waals surface area contributed by atoms with Crippen molar-refractivity contribution in [3.63, 3.8) is 0 Å². The molecule has 0 spiro atoms. The largest absolute Gasteiger partial charge is 0.450 e. The van der Waals surface area contributed by atoms with Crippen molar-refractivity contribution in [3.8, 4) is 17.6 Å². The first-order valence-electron chi connectivity index (χ1n) is 14.1. The van der Waals surface area contributed by atoms with Crippen molar-refractivity contribution in [2.45, 2.75) is 59.1 Å². The Morgan fingerprint density at radius 3 is 2.57 bits per heavy atom. The lowest BCUT2D eigenvalue weighted by Crippen LogP contribution is -2.54. The van der Waals surface area contributed by atoms with Gasteiger partial charge in [-0.3, -0.25) is 0 Å². The van der Waals surface area contributed by atoms with E-state index in [1.54, 1.807) is 0 Å². The molecule has 9 nitrogen and oxygen atoms in total. The van der Waals surface area contributed by atoms with Crippen molar-refractivity contribution in [1.29, 1.82) is 5.26 Å². The minimum atomic E-state index is -1.26. The molecule has 2 N–H and O–H groups in total. The van der Waals surface area contributed by atoms with E-state index in [2.05, 4.69) is 55.2 Å². The van der Waals surface area contributed by atoms with E-state index in [0.29, 0.717) is 49.7 Å². The van der Waals surface area contributed by atoms with Crippen LogP contribution < -0.4 is 15.4 Å². The maximum atomic E-state index is 15.2. The van der Waals surface area contributed by atoms with Gasteiger partial charge in [0.2, 0.25) is 0 Å². The van der Waals surface area contributed by atoms with Gasteiger partial charge in [-0.05, 0) is 30.0 Å². The number of pyridine rings is 1. The lowest BCUT2D eigenvalue weighted by Gasteiger charge is -2.44. The zero-order valence-electron chi connectivity index (χ0n) is 24.9. The van der Waals surface area contributed by atoms with Crippen LogP contribution in [0.4, 0.5) is 19.3 Å². The highest BCUT2D eigenvalue weighted by Gasteiger charge is 2.41. The van der Waals surface area contributed by atoms with Crippen LogP contribution in [0.3, 0.4) is 0 Å². The molecule has 1 aliphatic heterocycles. The first-order chi connectivity index (χ1) is 19.9. The molecule has 2 amide bonds. The van der Waals surface area contributed by atoms with Crippen LogP contribution in [-0.4, -0.2) is 50.0 Å². The van der Waals surface area contributed by atoms with E-state index in [1.807, 2.05) is 10.8 Å². The summed E-state index contributed by atoms with van der Waals surface area (Å²) in [6.45, 7) is 13.3. The van der Waals surface area contributed by atoms with Crippen LogP contribution in [0, 0.1) is 34.3 Å². The zero-order valence-corrected chi connectivity index (χ0v) is 25.9. The van der Waals surface area contributed by atoms with Gasteiger partial charge in [-0.1, -0.05) is 33.5 Å². The number of halogens is 2. The number of nitrogens with zero attached hydrogens (tertiary/aromatic N) is 3. The number of carbonyl (C=O) groups is 1. The van der Waals surface area contributed by atoms with E-state index < -0.39 is 31.5 Å². The molecule has 4 rings (SSSR count). The number of aryl methyl sites for hydroxylation is 1. The number of ether oxygens (including phenoxy) is 3. The predicted octanol–water partition coefficient (Wildman–Crippen LogP) is 6.67. The molecule has 0 radical (unpaired) electrons. The topological polar surface area (TPSA) is 110 Å². The van der Waals surface area contributed by atoms with Crippen LogP contribution >= 0.6 is 0 Å². The van der Waals surface area contributed by atoms with Crippen molar-refractivity contribution < 1.29 is 27.8 Å². The number of nitrogens with one attached hydrogen (secondary N) is 2. The Labute approximate surface area is 246 Å². The number of anilines is 1. The van der Waals surface area contributed by atoms with Gasteiger partial charge in [0, 0.05) is 63.3 Å². The van der Waals surface area contributed by atoms with E-state index in [9.17, 15) is 10.1 Å². The van der Waals surface area contributed by atoms with Gasteiger partial charge in [0.05, 0.1) is 24.7 Å². The van der Waals surface area contributed by atoms with Crippen LogP contribution in [0.2, 0.25) is 25.7 Å². The summed E-state index contributed by atoms with van der Waals surface area (Å²) in [7, 11) is -1.26. The summed E-state index contributed by atoms with van der Waals surface area (Å²) < 4.78 is 49.2. The monoisotopic (exact) mass is 599 g/mol. The van der Waals surface area contributed by atoms with Gasteiger partial charge in [0.1, 0.15) is 18.1 Å². The van der Waals surface area contributed by atoms with Crippen LogP contribution in [-0.2, 0) is 22.6 Å². The summed E-state index contributed by atoms with van der Waals surface area (Å²) in [6, 6.07) is 6.12. The number of carbonyl (C=O) groups excluding carboxylic acids is 1. The number of fused-ring (bicyclic) bond motifs is 1. The van der Waals surface area contributed by atoms with Crippen molar-refractivity contribution in [2.24, 2.45) is 11.3 Å². The van der Waals surface area contributed by atoms with Crippen molar-refractivity contribution in [1.82, 2.24) is 14.9 Å². The molecule has 2 aromatic heterocycles. The van der Waals surface area contributed by atoms with Crippen LogP contribution in [0.25, 0.3) is 11.0 Å². The Balaban J connectivity index is 1.51.